The van der Waals surface area contributed by atoms with E-state index in [-0.39, 0.29) is 17.1 Å². The maximum absolute atomic E-state index is 12.9. The summed E-state index contributed by atoms with van der Waals surface area (Å²) in [7, 11) is 0. The summed E-state index contributed by atoms with van der Waals surface area (Å²) in [6.45, 7) is 4.31. The Kier molecular flexibility index (Phi) is 5.45. The van der Waals surface area contributed by atoms with Gasteiger partial charge in [-0.2, -0.15) is 0 Å². The Labute approximate surface area is 192 Å². The molecule has 0 fully saturated rings. The highest BCUT2D eigenvalue weighted by Crippen LogP contribution is 2.32. The second-order valence-electron chi connectivity index (χ2n) is 7.84. The number of hydrogen-bond donors (Lipinski definition) is 1. The topological polar surface area (TPSA) is 76.0 Å². The number of Topliss-reactive ketones (excluding diaryl/α,β-unsaturated/α-hetero) is 1. The molecule has 3 heterocycles. The summed E-state index contributed by atoms with van der Waals surface area (Å²) in [4.78, 5) is 33.5. The number of fused-ring (bicyclic) bond motifs is 2. The Morgan fingerprint density at radius 1 is 1.16 bits per heavy atom. The molecular formula is C25H20N2O3S2. The number of benzene rings is 2. The van der Waals surface area contributed by atoms with Crippen LogP contribution >= 0.6 is 23.1 Å². The predicted octanol–water partition coefficient (Wildman–Crippen LogP) is 6.50. The van der Waals surface area contributed by atoms with E-state index in [4.69, 9.17) is 4.42 Å². The number of carbonyl (C=O) groups is 1. The first kappa shape index (κ1) is 20.7. The molecule has 0 aliphatic heterocycles. The van der Waals surface area contributed by atoms with Crippen LogP contribution in [0.2, 0.25) is 0 Å². The van der Waals surface area contributed by atoms with Gasteiger partial charge in [-0.05, 0) is 29.2 Å². The molecule has 0 radical (unpaired) electrons. The first-order chi connectivity index (χ1) is 15.5. The summed E-state index contributed by atoms with van der Waals surface area (Å²) >= 11 is 2.64. The highest BCUT2D eigenvalue weighted by atomic mass is 32.2. The minimum atomic E-state index is -0.196. The molecule has 5 nitrogen and oxygen atoms in total. The molecule has 32 heavy (non-hydrogen) atoms. The van der Waals surface area contributed by atoms with Crippen LogP contribution in [0.5, 0.6) is 0 Å². The number of furan rings is 1. The van der Waals surface area contributed by atoms with Crippen molar-refractivity contribution in [2.24, 2.45) is 0 Å². The van der Waals surface area contributed by atoms with Crippen molar-refractivity contribution >= 4 is 50.1 Å². The summed E-state index contributed by atoms with van der Waals surface area (Å²) < 4.78 is 5.63. The lowest BCUT2D eigenvalue weighted by Crippen LogP contribution is -2.10. The molecule has 0 aliphatic rings. The average molecular weight is 461 g/mol. The van der Waals surface area contributed by atoms with Crippen molar-refractivity contribution in [3.05, 3.63) is 81.7 Å². The summed E-state index contributed by atoms with van der Waals surface area (Å²) in [5, 5.41) is 3.86. The van der Waals surface area contributed by atoms with Crippen molar-refractivity contribution < 1.29 is 9.21 Å². The van der Waals surface area contributed by atoms with Crippen LogP contribution in [0.25, 0.3) is 32.3 Å². The van der Waals surface area contributed by atoms with E-state index < -0.39 is 0 Å². The molecule has 0 saturated heterocycles. The molecule has 7 heteroatoms. The van der Waals surface area contributed by atoms with Gasteiger partial charge in [-0.25, -0.2) is 4.98 Å². The number of rotatable bonds is 6. The van der Waals surface area contributed by atoms with Crippen LogP contribution < -0.4 is 5.56 Å². The van der Waals surface area contributed by atoms with Gasteiger partial charge >= 0.3 is 0 Å². The lowest BCUT2D eigenvalue weighted by molar-refractivity contribution is 0.0994. The first-order valence-corrected chi connectivity index (χ1v) is 12.1. The Morgan fingerprint density at radius 3 is 2.69 bits per heavy atom. The normalized spacial score (nSPS) is 11.6. The largest absolute Gasteiger partial charge is 0.453 e. The fraction of sp³-hybridized carbons (Fsp3) is 0.160. The van der Waals surface area contributed by atoms with E-state index in [1.807, 2.05) is 41.8 Å². The van der Waals surface area contributed by atoms with Crippen LogP contribution in [0.15, 0.2) is 74.3 Å². The second kappa shape index (κ2) is 8.41. The van der Waals surface area contributed by atoms with Gasteiger partial charge in [0.15, 0.2) is 10.9 Å². The molecule has 160 valence electrons. The van der Waals surface area contributed by atoms with Gasteiger partial charge in [0.2, 0.25) is 5.78 Å². The number of hydrogen-bond acceptors (Lipinski definition) is 6. The van der Waals surface area contributed by atoms with Crippen LogP contribution in [0.3, 0.4) is 0 Å². The van der Waals surface area contributed by atoms with Crippen molar-refractivity contribution in [1.82, 2.24) is 9.97 Å². The van der Waals surface area contributed by atoms with Gasteiger partial charge in [-0.15, -0.1) is 11.3 Å². The third-order valence-electron chi connectivity index (χ3n) is 5.35. The van der Waals surface area contributed by atoms with Gasteiger partial charge in [0, 0.05) is 16.3 Å². The van der Waals surface area contributed by atoms with E-state index in [1.54, 1.807) is 6.07 Å². The van der Waals surface area contributed by atoms with E-state index in [1.165, 1.54) is 28.7 Å². The Bertz CT molecular complexity index is 1460. The van der Waals surface area contributed by atoms with Gasteiger partial charge < -0.3 is 9.40 Å². The van der Waals surface area contributed by atoms with Crippen LogP contribution in [-0.2, 0) is 0 Å². The minimum Gasteiger partial charge on any atom is -0.453 e. The van der Waals surface area contributed by atoms with Crippen molar-refractivity contribution in [1.29, 1.82) is 0 Å². The summed E-state index contributed by atoms with van der Waals surface area (Å²) in [5.74, 6) is 0.745. The molecule has 0 saturated carbocycles. The number of nitrogens with one attached hydrogen (secondary N) is 1. The monoisotopic (exact) mass is 460 g/mol. The number of H-pyrrole nitrogens is 1. The molecule has 5 aromatic rings. The quantitative estimate of drug-likeness (QED) is 0.178. The number of carbonyl (C=O) groups excluding carboxylic acids is 1. The van der Waals surface area contributed by atoms with Gasteiger partial charge in [0.05, 0.1) is 11.1 Å². The minimum absolute atomic E-state index is 0.128. The molecule has 3 aromatic heterocycles. The number of thiophene rings is 1. The molecule has 0 aliphatic carbocycles. The van der Waals surface area contributed by atoms with E-state index in [0.717, 1.165) is 16.5 Å². The van der Waals surface area contributed by atoms with Gasteiger partial charge in [-0.1, -0.05) is 68.1 Å². The van der Waals surface area contributed by atoms with E-state index in [9.17, 15) is 9.59 Å². The molecule has 0 atom stereocenters. The van der Waals surface area contributed by atoms with Crippen molar-refractivity contribution in [2.75, 3.05) is 5.75 Å². The van der Waals surface area contributed by atoms with E-state index in [0.29, 0.717) is 32.6 Å². The lowest BCUT2D eigenvalue weighted by Gasteiger charge is -2.06. The average Bonchev–Trinajstić information content (AvgIpc) is 3.42. The van der Waals surface area contributed by atoms with Gasteiger partial charge in [-0.3, -0.25) is 9.59 Å². The Hall–Kier alpha value is -3.16. The highest BCUT2D eigenvalue weighted by molar-refractivity contribution is 7.99. The standard InChI is InChI=1S/C25H20N2O3S2/c1-14(2)15-7-9-16(10-8-15)18-12-31-24-22(18)23(29)26-25(27-24)32-13-19(28)21-11-17-5-3-4-6-20(17)30-21/h3-12,14H,13H2,1-2H3,(H,26,27,29). The number of thioether (sulfide) groups is 1. The Morgan fingerprint density at radius 2 is 1.94 bits per heavy atom. The number of aromatic amines is 1. The maximum atomic E-state index is 12.9. The van der Waals surface area contributed by atoms with Gasteiger partial charge in [0.25, 0.3) is 5.56 Å². The second-order valence-corrected chi connectivity index (χ2v) is 9.66. The predicted molar refractivity (Wildman–Crippen MR) is 131 cm³/mol. The van der Waals surface area contributed by atoms with Crippen molar-refractivity contribution in [3.8, 4) is 11.1 Å². The zero-order chi connectivity index (χ0) is 22.2. The summed E-state index contributed by atoms with van der Waals surface area (Å²) in [6.07, 6.45) is 0. The van der Waals surface area contributed by atoms with E-state index >= 15 is 0 Å². The van der Waals surface area contributed by atoms with Crippen LogP contribution in [-0.4, -0.2) is 21.5 Å². The molecule has 2 aromatic carbocycles. The molecule has 0 bridgehead atoms. The van der Waals surface area contributed by atoms with E-state index in [2.05, 4.69) is 35.9 Å². The zero-order valence-corrected chi connectivity index (χ0v) is 19.2. The molecule has 1 N–H and O–H groups in total. The number of para-hydroxylation sites is 1. The summed E-state index contributed by atoms with van der Waals surface area (Å²) in [6, 6.07) is 17.5. The number of ketones is 1. The Balaban J connectivity index is 1.38. The summed E-state index contributed by atoms with van der Waals surface area (Å²) in [5.41, 5.74) is 3.62. The smallest absolute Gasteiger partial charge is 0.260 e. The SMILES string of the molecule is CC(C)c1ccc(-c2csc3nc(SCC(=O)c4cc5ccccc5o4)[nH]c(=O)c23)cc1. The van der Waals surface area contributed by atoms with Crippen LogP contribution in [0.1, 0.15) is 35.9 Å². The molecular weight excluding hydrogens is 440 g/mol. The third-order valence-corrected chi connectivity index (χ3v) is 7.10. The van der Waals surface area contributed by atoms with Crippen LogP contribution in [0, 0.1) is 0 Å². The molecule has 0 spiro atoms. The zero-order valence-electron chi connectivity index (χ0n) is 17.5. The fourth-order valence-electron chi connectivity index (χ4n) is 3.58. The third kappa shape index (κ3) is 3.89. The van der Waals surface area contributed by atoms with Gasteiger partial charge in [0.1, 0.15) is 10.4 Å². The molecule has 0 amide bonds. The first-order valence-electron chi connectivity index (χ1n) is 10.3. The van der Waals surface area contributed by atoms with Crippen LogP contribution in [0.4, 0.5) is 0 Å². The van der Waals surface area contributed by atoms with Crippen molar-refractivity contribution in [3.63, 3.8) is 0 Å². The fourth-order valence-corrected chi connectivity index (χ4v) is 5.32. The van der Waals surface area contributed by atoms with Crippen molar-refractivity contribution in [2.45, 2.75) is 24.9 Å². The lowest BCUT2D eigenvalue weighted by atomic mass is 9.99. The number of aromatic nitrogens is 2. The number of nitrogens with zero attached hydrogens (tertiary/aromatic N) is 1. The molecule has 0 unspecified atom stereocenters. The maximum Gasteiger partial charge on any atom is 0.260 e. The molecule has 5 rings (SSSR count). The highest BCUT2D eigenvalue weighted by Gasteiger charge is 2.16.